The Bertz CT molecular complexity index is 231. The molecule has 2 aliphatic heterocycles. The maximum Gasteiger partial charge on any atom is 0.229 e. The molecular formula is C10H16N2O2. The highest BCUT2D eigenvalue weighted by molar-refractivity contribution is 6.01. The standard InChI is InChI=1S/C10H16N2O2/c13-9-3-4-10(14)12(9)7-8-2-1-5-11-6-8/h8,11H,1-7H2. The molecule has 2 aliphatic rings. The van der Waals surface area contributed by atoms with Gasteiger partial charge in [0.15, 0.2) is 0 Å². The molecule has 0 saturated carbocycles. The third kappa shape index (κ3) is 1.95. The van der Waals surface area contributed by atoms with Crippen LogP contribution >= 0.6 is 0 Å². The van der Waals surface area contributed by atoms with Gasteiger partial charge in [-0.2, -0.15) is 0 Å². The lowest BCUT2D eigenvalue weighted by atomic mass is 9.99. The molecule has 2 amide bonds. The van der Waals surface area contributed by atoms with Crippen LogP contribution in [0.4, 0.5) is 0 Å². The second-order valence-corrected chi connectivity index (χ2v) is 4.11. The van der Waals surface area contributed by atoms with Gasteiger partial charge in [0.2, 0.25) is 11.8 Å². The predicted octanol–water partition coefficient (Wildman–Crippen LogP) is 0.135. The van der Waals surface area contributed by atoms with Gasteiger partial charge in [-0.05, 0) is 31.8 Å². The van der Waals surface area contributed by atoms with Gasteiger partial charge in [-0.3, -0.25) is 14.5 Å². The second kappa shape index (κ2) is 4.09. The number of likely N-dealkylation sites (tertiary alicyclic amines) is 1. The van der Waals surface area contributed by atoms with Crippen molar-refractivity contribution in [2.75, 3.05) is 19.6 Å². The molecule has 1 atom stereocenters. The number of imide groups is 1. The van der Waals surface area contributed by atoms with Gasteiger partial charge < -0.3 is 5.32 Å². The maximum absolute atomic E-state index is 11.3. The van der Waals surface area contributed by atoms with E-state index in [1.165, 1.54) is 4.90 Å². The van der Waals surface area contributed by atoms with E-state index in [0.717, 1.165) is 25.9 Å². The SMILES string of the molecule is O=C1CCC(=O)N1CC1CCCNC1. The summed E-state index contributed by atoms with van der Waals surface area (Å²) in [5.41, 5.74) is 0. The van der Waals surface area contributed by atoms with E-state index in [4.69, 9.17) is 0 Å². The first-order valence-corrected chi connectivity index (χ1v) is 5.31. The Morgan fingerprint density at radius 1 is 1.29 bits per heavy atom. The monoisotopic (exact) mass is 196 g/mol. The van der Waals surface area contributed by atoms with Crippen molar-refractivity contribution in [2.45, 2.75) is 25.7 Å². The van der Waals surface area contributed by atoms with Gasteiger partial charge in [-0.1, -0.05) is 0 Å². The summed E-state index contributed by atoms with van der Waals surface area (Å²) in [7, 11) is 0. The molecule has 0 aromatic carbocycles. The highest BCUT2D eigenvalue weighted by Crippen LogP contribution is 2.17. The van der Waals surface area contributed by atoms with E-state index in [2.05, 4.69) is 5.32 Å². The fourth-order valence-corrected chi connectivity index (χ4v) is 2.16. The molecular weight excluding hydrogens is 180 g/mol. The summed E-state index contributed by atoms with van der Waals surface area (Å²) in [5.74, 6) is 0.496. The summed E-state index contributed by atoms with van der Waals surface area (Å²) >= 11 is 0. The lowest BCUT2D eigenvalue weighted by molar-refractivity contribution is -0.139. The van der Waals surface area contributed by atoms with Crippen molar-refractivity contribution in [3.63, 3.8) is 0 Å². The summed E-state index contributed by atoms with van der Waals surface area (Å²) in [6, 6.07) is 0. The predicted molar refractivity (Wildman–Crippen MR) is 51.5 cm³/mol. The van der Waals surface area contributed by atoms with Crippen molar-refractivity contribution >= 4 is 11.8 Å². The summed E-state index contributed by atoms with van der Waals surface area (Å²) in [6.45, 7) is 2.64. The second-order valence-electron chi connectivity index (χ2n) is 4.11. The summed E-state index contributed by atoms with van der Waals surface area (Å²) in [6.07, 6.45) is 3.11. The van der Waals surface area contributed by atoms with Gasteiger partial charge in [0.1, 0.15) is 0 Å². The van der Waals surface area contributed by atoms with Gasteiger partial charge in [0.05, 0.1) is 0 Å². The Balaban J connectivity index is 1.89. The van der Waals surface area contributed by atoms with Crippen LogP contribution in [0.15, 0.2) is 0 Å². The first-order valence-electron chi connectivity index (χ1n) is 5.31. The van der Waals surface area contributed by atoms with Gasteiger partial charge in [0, 0.05) is 19.4 Å². The van der Waals surface area contributed by atoms with Gasteiger partial charge in [-0.15, -0.1) is 0 Å². The van der Waals surface area contributed by atoms with E-state index in [1.807, 2.05) is 0 Å². The molecule has 2 rings (SSSR count). The normalized spacial score (nSPS) is 28.6. The first-order chi connectivity index (χ1) is 6.77. The van der Waals surface area contributed by atoms with Crippen LogP contribution in [-0.2, 0) is 9.59 Å². The van der Waals surface area contributed by atoms with Crippen LogP contribution in [0.1, 0.15) is 25.7 Å². The zero-order chi connectivity index (χ0) is 9.97. The molecule has 1 N–H and O–H groups in total. The number of carbonyl (C=O) groups excluding carboxylic acids is 2. The van der Waals surface area contributed by atoms with Crippen molar-refractivity contribution in [3.8, 4) is 0 Å². The lowest BCUT2D eigenvalue weighted by Crippen LogP contribution is -2.40. The van der Waals surface area contributed by atoms with Crippen molar-refractivity contribution < 1.29 is 9.59 Å². The van der Waals surface area contributed by atoms with Crippen LogP contribution in [0.25, 0.3) is 0 Å². The van der Waals surface area contributed by atoms with Gasteiger partial charge >= 0.3 is 0 Å². The van der Waals surface area contributed by atoms with Crippen molar-refractivity contribution in [2.24, 2.45) is 5.92 Å². The zero-order valence-electron chi connectivity index (χ0n) is 8.29. The third-order valence-corrected chi connectivity index (χ3v) is 2.99. The largest absolute Gasteiger partial charge is 0.316 e. The summed E-state index contributed by atoms with van der Waals surface area (Å²) in [5, 5.41) is 3.29. The fourth-order valence-electron chi connectivity index (χ4n) is 2.16. The number of amides is 2. The Morgan fingerprint density at radius 3 is 2.57 bits per heavy atom. The van der Waals surface area contributed by atoms with E-state index in [1.54, 1.807) is 0 Å². The molecule has 0 bridgehead atoms. The average molecular weight is 196 g/mol. The smallest absolute Gasteiger partial charge is 0.229 e. The topological polar surface area (TPSA) is 49.4 Å². The summed E-state index contributed by atoms with van der Waals surface area (Å²) < 4.78 is 0. The summed E-state index contributed by atoms with van der Waals surface area (Å²) in [4.78, 5) is 24.1. The van der Waals surface area contributed by atoms with Crippen molar-refractivity contribution in [3.05, 3.63) is 0 Å². The Labute approximate surface area is 83.6 Å². The fraction of sp³-hybridized carbons (Fsp3) is 0.800. The average Bonchev–Trinajstić information content (AvgIpc) is 2.51. The Hall–Kier alpha value is -0.900. The van der Waals surface area contributed by atoms with Crippen LogP contribution in [0, 0.1) is 5.92 Å². The van der Waals surface area contributed by atoms with E-state index in [0.29, 0.717) is 25.3 Å². The van der Waals surface area contributed by atoms with Crippen LogP contribution in [-0.4, -0.2) is 36.3 Å². The number of piperidine rings is 1. The maximum atomic E-state index is 11.3. The molecule has 0 aliphatic carbocycles. The van der Waals surface area contributed by atoms with E-state index >= 15 is 0 Å². The van der Waals surface area contributed by atoms with Crippen LogP contribution in [0.5, 0.6) is 0 Å². The molecule has 14 heavy (non-hydrogen) atoms. The zero-order valence-corrected chi connectivity index (χ0v) is 8.29. The molecule has 78 valence electrons. The van der Waals surface area contributed by atoms with Crippen molar-refractivity contribution in [1.29, 1.82) is 0 Å². The number of nitrogens with one attached hydrogen (secondary N) is 1. The molecule has 1 unspecified atom stereocenters. The molecule has 0 radical (unpaired) electrons. The number of hydrogen-bond acceptors (Lipinski definition) is 3. The lowest BCUT2D eigenvalue weighted by Gasteiger charge is -2.26. The van der Waals surface area contributed by atoms with E-state index in [9.17, 15) is 9.59 Å². The number of rotatable bonds is 2. The Morgan fingerprint density at radius 2 is 2.00 bits per heavy atom. The molecule has 0 aromatic heterocycles. The van der Waals surface area contributed by atoms with E-state index in [-0.39, 0.29) is 11.8 Å². The minimum absolute atomic E-state index is 0.0144. The van der Waals surface area contributed by atoms with Crippen molar-refractivity contribution in [1.82, 2.24) is 10.2 Å². The molecule has 4 nitrogen and oxygen atoms in total. The quantitative estimate of drug-likeness (QED) is 0.639. The molecule has 4 heteroatoms. The molecule has 2 fully saturated rings. The molecule has 0 aromatic rings. The third-order valence-electron chi connectivity index (χ3n) is 2.99. The van der Waals surface area contributed by atoms with E-state index < -0.39 is 0 Å². The number of hydrogen-bond donors (Lipinski definition) is 1. The highest BCUT2D eigenvalue weighted by Gasteiger charge is 2.30. The minimum Gasteiger partial charge on any atom is -0.316 e. The minimum atomic E-state index is 0.0144. The van der Waals surface area contributed by atoms with Crippen LogP contribution in [0.3, 0.4) is 0 Å². The molecule has 2 heterocycles. The van der Waals surface area contributed by atoms with Crippen LogP contribution in [0.2, 0.25) is 0 Å². The number of nitrogens with zero attached hydrogens (tertiary/aromatic N) is 1. The van der Waals surface area contributed by atoms with Gasteiger partial charge in [0.25, 0.3) is 0 Å². The van der Waals surface area contributed by atoms with Gasteiger partial charge in [-0.25, -0.2) is 0 Å². The molecule has 2 saturated heterocycles. The Kier molecular flexibility index (Phi) is 2.82. The first kappa shape index (κ1) is 9.65. The number of carbonyl (C=O) groups is 2. The highest BCUT2D eigenvalue weighted by atomic mass is 16.2. The molecule has 0 spiro atoms. The van der Waals surface area contributed by atoms with Crippen LogP contribution < -0.4 is 5.32 Å².